The second-order valence-electron chi connectivity index (χ2n) is 4.43. The van der Waals surface area contributed by atoms with Crippen molar-refractivity contribution in [1.82, 2.24) is 19.7 Å². The molecule has 7 heteroatoms. The molecule has 21 heavy (non-hydrogen) atoms. The average molecular weight is 300 g/mol. The van der Waals surface area contributed by atoms with Gasteiger partial charge in [-0.15, -0.1) is 0 Å². The number of aromatic nitrogens is 4. The van der Waals surface area contributed by atoms with Crippen molar-refractivity contribution in [2.24, 2.45) is 0 Å². The van der Waals surface area contributed by atoms with Gasteiger partial charge in [-0.2, -0.15) is 5.10 Å². The fraction of sp³-hybridized carbons (Fsp3) is 0.143. The van der Waals surface area contributed by atoms with Gasteiger partial charge in [-0.25, -0.2) is 9.78 Å². The number of ether oxygens (including phenoxy) is 1. The predicted molar refractivity (Wildman–Crippen MR) is 79.3 cm³/mol. The van der Waals surface area contributed by atoms with Crippen molar-refractivity contribution in [3.63, 3.8) is 0 Å². The van der Waals surface area contributed by atoms with E-state index in [0.29, 0.717) is 15.7 Å². The summed E-state index contributed by atoms with van der Waals surface area (Å²) in [6.07, 6.45) is 3.12. The highest BCUT2D eigenvalue weighted by Gasteiger charge is 2.24. The zero-order chi connectivity index (χ0) is 14.8. The van der Waals surface area contributed by atoms with E-state index < -0.39 is 12.0 Å². The minimum atomic E-state index is -0.671. The van der Waals surface area contributed by atoms with Crippen molar-refractivity contribution in [2.45, 2.75) is 6.04 Å². The van der Waals surface area contributed by atoms with Gasteiger partial charge in [0.2, 0.25) is 0 Å². The maximum Gasteiger partial charge on any atom is 0.333 e. The van der Waals surface area contributed by atoms with Crippen LogP contribution in [0, 0.1) is 4.64 Å². The Morgan fingerprint density at radius 2 is 2.14 bits per heavy atom. The minimum Gasteiger partial charge on any atom is -0.467 e. The second-order valence-corrected chi connectivity index (χ2v) is 4.81. The topological polar surface area (TPSA) is 72.8 Å². The molecule has 0 amide bonds. The van der Waals surface area contributed by atoms with Gasteiger partial charge in [-0.05, 0) is 5.56 Å². The zero-order valence-corrected chi connectivity index (χ0v) is 12.0. The molecule has 1 aromatic carbocycles. The summed E-state index contributed by atoms with van der Waals surface area (Å²) >= 11 is 5.45. The Morgan fingerprint density at radius 3 is 2.86 bits per heavy atom. The van der Waals surface area contributed by atoms with Crippen LogP contribution in [-0.2, 0) is 9.53 Å². The Labute approximate surface area is 125 Å². The highest BCUT2D eigenvalue weighted by atomic mass is 32.1. The minimum absolute atomic E-state index is 0.401. The Hall–Kier alpha value is -2.54. The highest BCUT2D eigenvalue weighted by molar-refractivity contribution is 7.71. The molecule has 106 valence electrons. The van der Waals surface area contributed by atoms with Crippen molar-refractivity contribution in [3.05, 3.63) is 53.1 Å². The van der Waals surface area contributed by atoms with Gasteiger partial charge in [0, 0.05) is 0 Å². The first-order chi connectivity index (χ1) is 10.2. The van der Waals surface area contributed by atoms with E-state index in [2.05, 4.69) is 15.2 Å². The predicted octanol–water partition coefficient (Wildman–Crippen LogP) is 2.25. The molecule has 2 heterocycles. The number of esters is 1. The molecule has 0 radical (unpaired) electrons. The van der Waals surface area contributed by atoms with Crippen LogP contribution in [0.5, 0.6) is 0 Å². The van der Waals surface area contributed by atoms with Gasteiger partial charge in [0.25, 0.3) is 0 Å². The molecule has 1 unspecified atom stereocenters. The lowest BCUT2D eigenvalue weighted by molar-refractivity contribution is -0.143. The number of benzene rings is 1. The molecule has 0 aliphatic carbocycles. The van der Waals surface area contributed by atoms with Gasteiger partial charge in [-0.3, -0.25) is 5.10 Å². The summed E-state index contributed by atoms with van der Waals surface area (Å²) in [6, 6.07) is 8.63. The molecule has 1 N–H and O–H groups in total. The first kappa shape index (κ1) is 13.4. The lowest BCUT2D eigenvalue weighted by Crippen LogP contribution is -2.23. The van der Waals surface area contributed by atoms with Gasteiger partial charge >= 0.3 is 5.97 Å². The van der Waals surface area contributed by atoms with Gasteiger partial charge < -0.3 is 9.30 Å². The Balaban J connectivity index is 2.21. The normalized spacial score (nSPS) is 12.2. The first-order valence-corrected chi connectivity index (χ1v) is 6.66. The van der Waals surface area contributed by atoms with E-state index in [-0.39, 0.29) is 0 Å². The van der Waals surface area contributed by atoms with Gasteiger partial charge in [-0.1, -0.05) is 42.5 Å². The van der Waals surface area contributed by atoms with E-state index in [4.69, 9.17) is 17.0 Å². The van der Waals surface area contributed by atoms with E-state index in [1.54, 1.807) is 10.8 Å². The van der Waals surface area contributed by atoms with Crippen molar-refractivity contribution in [1.29, 1.82) is 0 Å². The fourth-order valence-corrected chi connectivity index (χ4v) is 2.49. The highest BCUT2D eigenvalue weighted by Crippen LogP contribution is 2.22. The summed E-state index contributed by atoms with van der Waals surface area (Å²) in [7, 11) is 1.35. The first-order valence-electron chi connectivity index (χ1n) is 6.25. The number of nitrogens with zero attached hydrogens (tertiary/aromatic N) is 3. The molecule has 6 nitrogen and oxygen atoms in total. The fourth-order valence-electron chi connectivity index (χ4n) is 2.19. The van der Waals surface area contributed by atoms with Crippen LogP contribution in [0.3, 0.4) is 0 Å². The van der Waals surface area contributed by atoms with Crippen LogP contribution in [0.25, 0.3) is 11.0 Å². The van der Waals surface area contributed by atoms with Crippen LogP contribution >= 0.6 is 12.2 Å². The molecule has 2 aromatic heterocycles. The van der Waals surface area contributed by atoms with E-state index in [1.807, 2.05) is 30.3 Å². The Bertz CT molecular complexity index is 841. The van der Waals surface area contributed by atoms with Crippen LogP contribution in [0.2, 0.25) is 0 Å². The number of hydrogen-bond donors (Lipinski definition) is 1. The molecule has 0 aliphatic heterocycles. The number of carbonyl (C=O) groups is 1. The van der Waals surface area contributed by atoms with Gasteiger partial charge in [0.05, 0.1) is 25.0 Å². The molecule has 0 fully saturated rings. The van der Waals surface area contributed by atoms with Crippen molar-refractivity contribution < 1.29 is 9.53 Å². The summed E-state index contributed by atoms with van der Waals surface area (Å²) in [5.74, 6) is -0.401. The van der Waals surface area contributed by atoms with E-state index >= 15 is 0 Å². The number of methoxy groups -OCH3 is 1. The number of carbonyl (C=O) groups excluding carboxylic acids is 1. The molecule has 0 saturated heterocycles. The van der Waals surface area contributed by atoms with E-state index in [9.17, 15) is 4.79 Å². The number of hydrogen-bond acceptors (Lipinski definition) is 5. The van der Waals surface area contributed by atoms with Crippen LogP contribution in [0.4, 0.5) is 0 Å². The molecule has 1 atom stereocenters. The lowest BCUT2D eigenvalue weighted by Gasteiger charge is -2.18. The third-order valence-corrected chi connectivity index (χ3v) is 3.64. The lowest BCUT2D eigenvalue weighted by atomic mass is 10.1. The summed E-state index contributed by atoms with van der Waals surface area (Å²) in [5.41, 5.74) is 1.37. The summed E-state index contributed by atoms with van der Waals surface area (Å²) < 4.78 is 7.01. The van der Waals surface area contributed by atoms with Crippen LogP contribution < -0.4 is 0 Å². The van der Waals surface area contributed by atoms with Crippen molar-refractivity contribution in [2.75, 3.05) is 7.11 Å². The average Bonchev–Trinajstić information content (AvgIpc) is 3.00. The number of rotatable bonds is 3. The van der Waals surface area contributed by atoms with Gasteiger partial charge in [0.15, 0.2) is 11.7 Å². The second kappa shape index (κ2) is 5.45. The standard InChI is InChI=1S/C14H12N4O2S/c1-20-14(19)11(9-5-3-2-4-6-9)18-8-15-12-10(13(18)21)7-16-17-12/h2-8,11H,1H3,(H,16,17). The number of fused-ring (bicyclic) bond motifs is 1. The third kappa shape index (κ3) is 2.31. The number of aromatic amines is 1. The van der Waals surface area contributed by atoms with Crippen LogP contribution in [0.15, 0.2) is 42.9 Å². The van der Waals surface area contributed by atoms with Crippen LogP contribution in [0.1, 0.15) is 11.6 Å². The number of H-pyrrole nitrogens is 1. The SMILES string of the molecule is COC(=O)C(c1ccccc1)n1cnc2[nH]ncc2c1=S. The molecule has 0 spiro atoms. The third-order valence-electron chi connectivity index (χ3n) is 3.21. The molecular weight excluding hydrogens is 288 g/mol. The van der Waals surface area contributed by atoms with E-state index in [1.165, 1.54) is 13.4 Å². The van der Waals surface area contributed by atoms with Crippen molar-refractivity contribution >= 4 is 29.2 Å². The molecule has 0 aliphatic rings. The van der Waals surface area contributed by atoms with E-state index in [0.717, 1.165) is 5.56 Å². The largest absolute Gasteiger partial charge is 0.467 e. The maximum atomic E-state index is 12.2. The van der Waals surface area contributed by atoms with Gasteiger partial charge in [0.1, 0.15) is 4.64 Å². The zero-order valence-electron chi connectivity index (χ0n) is 11.2. The molecule has 0 bridgehead atoms. The quantitative estimate of drug-likeness (QED) is 0.593. The maximum absolute atomic E-state index is 12.2. The monoisotopic (exact) mass is 300 g/mol. The molecule has 0 saturated carbocycles. The summed E-state index contributed by atoms with van der Waals surface area (Å²) in [4.78, 5) is 16.4. The Kier molecular flexibility index (Phi) is 3.49. The Morgan fingerprint density at radius 1 is 1.38 bits per heavy atom. The smallest absolute Gasteiger partial charge is 0.333 e. The molecule has 3 rings (SSSR count). The number of nitrogens with one attached hydrogen (secondary N) is 1. The summed E-state index contributed by atoms with van der Waals surface area (Å²) in [6.45, 7) is 0. The van der Waals surface area contributed by atoms with Crippen molar-refractivity contribution in [3.8, 4) is 0 Å². The summed E-state index contributed by atoms with van der Waals surface area (Å²) in [5, 5.41) is 7.36. The molecular formula is C14H12N4O2S. The molecule has 3 aromatic rings. The van der Waals surface area contributed by atoms with Crippen LogP contribution in [-0.4, -0.2) is 32.8 Å².